The van der Waals surface area contributed by atoms with Crippen LogP contribution < -0.4 is 22.1 Å². The first kappa shape index (κ1) is 16.7. The molecule has 24 heavy (non-hydrogen) atoms. The van der Waals surface area contributed by atoms with Crippen molar-refractivity contribution in [1.29, 1.82) is 5.41 Å². The summed E-state index contributed by atoms with van der Waals surface area (Å²) in [5, 5.41) is 14.0. The molecule has 2 unspecified atom stereocenters. The molecule has 0 spiro atoms. The first-order valence-electron chi connectivity index (χ1n) is 8.02. The number of hydrogen-bond donors (Lipinski definition) is 5. The normalized spacial score (nSPS) is 23.6. The van der Waals surface area contributed by atoms with Gasteiger partial charge in [0.2, 0.25) is 0 Å². The Morgan fingerprint density at radius 2 is 2.17 bits per heavy atom. The van der Waals surface area contributed by atoms with Crippen LogP contribution in [0.1, 0.15) is 47.3 Å². The van der Waals surface area contributed by atoms with Crippen molar-refractivity contribution >= 4 is 35.1 Å². The van der Waals surface area contributed by atoms with Gasteiger partial charge in [-0.3, -0.25) is 4.79 Å². The van der Waals surface area contributed by atoms with Crippen molar-refractivity contribution in [3.05, 3.63) is 28.0 Å². The average molecular weight is 349 g/mol. The Morgan fingerprint density at radius 3 is 2.83 bits per heavy atom. The third-order valence-electron chi connectivity index (χ3n) is 4.64. The van der Waals surface area contributed by atoms with E-state index >= 15 is 0 Å². The van der Waals surface area contributed by atoms with Crippen LogP contribution in [0, 0.1) is 5.41 Å². The molecule has 7 nitrogen and oxygen atoms in total. The van der Waals surface area contributed by atoms with Crippen molar-refractivity contribution in [3.8, 4) is 0 Å². The Labute approximate surface area is 145 Å². The van der Waals surface area contributed by atoms with Crippen LogP contribution in [0.2, 0.25) is 5.02 Å². The van der Waals surface area contributed by atoms with E-state index in [9.17, 15) is 4.79 Å². The zero-order valence-electron chi connectivity index (χ0n) is 13.2. The van der Waals surface area contributed by atoms with Crippen molar-refractivity contribution in [2.45, 2.75) is 44.3 Å². The van der Waals surface area contributed by atoms with E-state index in [4.69, 9.17) is 28.5 Å². The van der Waals surface area contributed by atoms with Crippen LogP contribution in [-0.2, 0) is 6.54 Å². The quantitative estimate of drug-likeness (QED) is 0.528. The minimum absolute atomic E-state index is 0.0420. The summed E-state index contributed by atoms with van der Waals surface area (Å²) in [5.74, 6) is 0.238. The lowest BCUT2D eigenvalue weighted by Gasteiger charge is -2.30. The molecule has 8 heteroatoms. The number of fused-ring (bicyclic) bond motifs is 1. The number of nitrogens with two attached hydrogens (primary N) is 2. The molecule has 128 valence electrons. The maximum Gasteiger partial charge on any atom is 0.254 e. The van der Waals surface area contributed by atoms with Crippen LogP contribution in [0.3, 0.4) is 0 Å². The second-order valence-corrected chi connectivity index (χ2v) is 6.50. The van der Waals surface area contributed by atoms with Gasteiger partial charge >= 0.3 is 0 Å². The molecule has 1 aliphatic carbocycles. The summed E-state index contributed by atoms with van der Waals surface area (Å²) in [4.78, 5) is 16.6. The van der Waals surface area contributed by atoms with Gasteiger partial charge in [0.25, 0.3) is 5.91 Å². The minimum Gasteiger partial charge on any atom is -0.404 e. The van der Waals surface area contributed by atoms with Gasteiger partial charge in [-0.15, -0.1) is 0 Å². The molecule has 1 fully saturated rings. The van der Waals surface area contributed by atoms with Crippen LogP contribution in [0.5, 0.6) is 0 Å². The highest BCUT2D eigenvalue weighted by Gasteiger charge is 2.31. The van der Waals surface area contributed by atoms with E-state index in [0.717, 1.165) is 31.9 Å². The van der Waals surface area contributed by atoms with Crippen molar-refractivity contribution in [3.63, 3.8) is 0 Å². The highest BCUT2D eigenvalue weighted by Crippen LogP contribution is 2.35. The van der Waals surface area contributed by atoms with Crippen molar-refractivity contribution < 1.29 is 4.79 Å². The van der Waals surface area contributed by atoms with E-state index < -0.39 is 0 Å². The summed E-state index contributed by atoms with van der Waals surface area (Å²) in [5.41, 5.74) is 13.6. The molecule has 1 saturated carbocycles. The van der Waals surface area contributed by atoms with Gasteiger partial charge in [0, 0.05) is 42.2 Å². The molecular weight excluding hydrogens is 328 g/mol. The number of nitrogens with one attached hydrogen (secondary N) is 3. The maximum absolute atomic E-state index is 12.1. The number of rotatable bonds is 4. The topological polar surface area (TPSA) is 130 Å². The second kappa shape index (κ2) is 6.78. The molecule has 1 aromatic heterocycles. The zero-order chi connectivity index (χ0) is 17.3. The predicted molar refractivity (Wildman–Crippen MR) is 95.2 cm³/mol. The molecule has 7 N–H and O–H groups in total. The molecule has 1 amide bonds. The number of carbonyl (C=O) groups is 1. The fourth-order valence-electron chi connectivity index (χ4n) is 3.29. The number of halogens is 1. The van der Waals surface area contributed by atoms with E-state index in [2.05, 4.69) is 15.6 Å². The number of hydrogen-bond acceptors (Lipinski definition) is 6. The third-order valence-corrected chi connectivity index (χ3v) is 5.04. The smallest absolute Gasteiger partial charge is 0.254 e. The molecule has 0 aromatic carbocycles. The van der Waals surface area contributed by atoms with Gasteiger partial charge in [-0.05, 0) is 12.8 Å². The van der Waals surface area contributed by atoms with E-state index in [0.29, 0.717) is 39.8 Å². The van der Waals surface area contributed by atoms with E-state index in [1.54, 1.807) is 0 Å². The average Bonchev–Trinajstić information content (AvgIpc) is 2.97. The van der Waals surface area contributed by atoms with Crippen molar-refractivity contribution in [1.82, 2.24) is 10.3 Å². The molecule has 0 radical (unpaired) electrons. The van der Waals surface area contributed by atoms with Crippen LogP contribution in [-0.4, -0.2) is 29.2 Å². The SMILES string of the molecule is N=C/C(=C\N)c1nc(NC2CCCCC2N)c(Cl)c2c1C(=O)NC2. The third kappa shape index (κ3) is 2.85. The van der Waals surface area contributed by atoms with Gasteiger partial charge in [-0.25, -0.2) is 4.98 Å². The summed E-state index contributed by atoms with van der Waals surface area (Å²) < 4.78 is 0. The number of nitrogens with zero attached hydrogens (tertiary/aromatic N) is 1. The van der Waals surface area contributed by atoms with Gasteiger partial charge in [0.15, 0.2) is 0 Å². The van der Waals surface area contributed by atoms with Crippen LogP contribution in [0.25, 0.3) is 5.57 Å². The van der Waals surface area contributed by atoms with E-state index in [-0.39, 0.29) is 18.0 Å². The molecule has 1 aromatic rings. The predicted octanol–water partition coefficient (Wildman–Crippen LogP) is 1.61. The maximum atomic E-state index is 12.1. The first-order valence-corrected chi connectivity index (χ1v) is 8.40. The molecule has 3 rings (SSSR count). The van der Waals surface area contributed by atoms with Gasteiger partial charge in [0.1, 0.15) is 5.82 Å². The molecule has 1 aliphatic heterocycles. The van der Waals surface area contributed by atoms with Crippen LogP contribution in [0.4, 0.5) is 5.82 Å². The molecule has 2 aliphatic rings. The van der Waals surface area contributed by atoms with E-state index in [1.165, 1.54) is 6.20 Å². The lowest BCUT2D eigenvalue weighted by molar-refractivity contribution is 0.0965. The summed E-state index contributed by atoms with van der Waals surface area (Å²) in [7, 11) is 0. The lowest BCUT2D eigenvalue weighted by atomic mass is 9.91. The highest BCUT2D eigenvalue weighted by atomic mass is 35.5. The van der Waals surface area contributed by atoms with Crippen molar-refractivity contribution in [2.24, 2.45) is 11.5 Å². The molecule has 0 bridgehead atoms. The fourth-order valence-corrected chi connectivity index (χ4v) is 3.55. The van der Waals surface area contributed by atoms with Gasteiger partial charge in [-0.1, -0.05) is 24.4 Å². The molecular formula is C16H21ClN6O. The van der Waals surface area contributed by atoms with Gasteiger partial charge < -0.3 is 27.5 Å². The number of allylic oxidation sites excluding steroid dienone is 1. The molecule has 0 saturated heterocycles. The van der Waals surface area contributed by atoms with E-state index in [1.807, 2.05) is 0 Å². The number of carbonyl (C=O) groups excluding carboxylic acids is 1. The zero-order valence-corrected chi connectivity index (χ0v) is 14.0. The number of pyridine rings is 1. The summed E-state index contributed by atoms with van der Waals surface area (Å²) in [6.45, 7) is 0.337. The van der Waals surface area contributed by atoms with Gasteiger partial charge in [-0.2, -0.15) is 0 Å². The van der Waals surface area contributed by atoms with Crippen LogP contribution in [0.15, 0.2) is 6.20 Å². The Morgan fingerprint density at radius 1 is 1.42 bits per heavy atom. The Hall–Kier alpha value is -2.12. The largest absolute Gasteiger partial charge is 0.404 e. The Kier molecular flexibility index (Phi) is 4.73. The molecule has 2 atom stereocenters. The highest BCUT2D eigenvalue weighted by molar-refractivity contribution is 6.34. The summed E-state index contributed by atoms with van der Waals surface area (Å²) in [6.07, 6.45) is 6.50. The lowest BCUT2D eigenvalue weighted by Crippen LogP contribution is -2.42. The summed E-state index contributed by atoms with van der Waals surface area (Å²) in [6, 6.07) is 0.130. The first-order chi connectivity index (χ1) is 11.6. The Balaban J connectivity index is 2.06. The second-order valence-electron chi connectivity index (χ2n) is 6.12. The van der Waals surface area contributed by atoms with Gasteiger partial charge in [0.05, 0.1) is 16.3 Å². The fraction of sp³-hybridized carbons (Fsp3) is 0.438. The number of amides is 1. The van der Waals surface area contributed by atoms with Crippen LogP contribution >= 0.6 is 11.6 Å². The molecule has 2 heterocycles. The summed E-state index contributed by atoms with van der Waals surface area (Å²) >= 11 is 6.48. The number of anilines is 1. The monoisotopic (exact) mass is 348 g/mol. The minimum atomic E-state index is -0.253. The van der Waals surface area contributed by atoms with Crippen molar-refractivity contribution in [2.75, 3.05) is 5.32 Å². The number of aromatic nitrogens is 1. The standard InChI is InChI=1S/C16H21ClN6O/c17-13-9-7-21-16(24)12(9)14(8(5-18)6-19)23-15(13)22-11-4-2-1-3-10(11)20/h5-6,10-11,18H,1-4,7,19-20H2,(H,21,24)(H,22,23)/b8-6+,18-5?. The Bertz CT molecular complexity index is 717.